The Hall–Kier alpha value is -3.32. The Bertz CT molecular complexity index is 1010. The molecule has 0 aliphatic rings. The van der Waals surface area contributed by atoms with E-state index in [4.69, 9.17) is 0 Å². The normalized spacial score (nSPS) is 11.6. The molecule has 4 aromatic rings. The van der Waals surface area contributed by atoms with Crippen LogP contribution in [0.1, 0.15) is 24.5 Å². The van der Waals surface area contributed by atoms with E-state index in [0.29, 0.717) is 0 Å². The Morgan fingerprint density at radius 3 is 1.31 bits per heavy atom. The van der Waals surface area contributed by atoms with Crippen LogP contribution in [0.2, 0.25) is 0 Å². The highest BCUT2D eigenvalue weighted by molar-refractivity contribution is 7.00. The summed E-state index contributed by atoms with van der Waals surface area (Å²) in [5.41, 5.74) is 8.00. The molecule has 0 radical (unpaired) electrons. The van der Waals surface area contributed by atoms with Crippen LogP contribution in [0.25, 0.3) is 11.0 Å². The fraction of sp³-hybridized carbons (Fsp3) is 0.0714. The van der Waals surface area contributed by atoms with Crippen LogP contribution < -0.4 is 10.9 Å². The van der Waals surface area contributed by atoms with Gasteiger partial charge in [0, 0.05) is 0 Å². The molecule has 140 valence electrons. The average molecular weight is 372 g/mol. The maximum atomic E-state index is 2.26. The van der Waals surface area contributed by atoms with Gasteiger partial charge in [0.2, 0.25) is 6.71 Å². The molecule has 4 rings (SSSR count). The molecule has 0 aromatic heterocycles. The lowest BCUT2D eigenvalue weighted by molar-refractivity contribution is 1.24. The molecule has 0 nitrogen and oxygen atoms in total. The topological polar surface area (TPSA) is 0 Å². The van der Waals surface area contributed by atoms with Gasteiger partial charge in [0.25, 0.3) is 0 Å². The summed E-state index contributed by atoms with van der Waals surface area (Å²) in [6.45, 7) is 2.44. The Morgan fingerprint density at radius 2 is 0.897 bits per heavy atom. The van der Waals surface area contributed by atoms with Crippen molar-refractivity contribution in [3.05, 3.63) is 132 Å². The van der Waals surface area contributed by atoms with Crippen molar-refractivity contribution in [2.45, 2.75) is 13.3 Å². The number of allylic oxidation sites excluding steroid dienone is 1. The molecule has 0 unspecified atom stereocenters. The zero-order chi connectivity index (χ0) is 19.9. The second kappa shape index (κ2) is 9.25. The number of rotatable bonds is 6. The summed E-state index contributed by atoms with van der Waals surface area (Å²) in [4.78, 5) is 0. The third kappa shape index (κ3) is 4.25. The number of hydrogen-bond donors (Lipinski definition) is 0. The van der Waals surface area contributed by atoms with E-state index in [1.807, 2.05) is 0 Å². The van der Waals surface area contributed by atoms with Crippen LogP contribution in [0, 0.1) is 0 Å². The molecule has 0 spiro atoms. The molecule has 0 aliphatic heterocycles. The monoisotopic (exact) mass is 372 g/mol. The van der Waals surface area contributed by atoms with Crippen molar-refractivity contribution in [1.29, 1.82) is 0 Å². The van der Waals surface area contributed by atoms with E-state index in [2.05, 4.69) is 128 Å². The lowest BCUT2D eigenvalue weighted by Crippen LogP contribution is -2.43. The number of hydrogen-bond acceptors (Lipinski definition) is 0. The maximum Gasteiger partial charge on any atom is 0.242 e. The van der Waals surface area contributed by atoms with Crippen LogP contribution in [0.5, 0.6) is 0 Å². The van der Waals surface area contributed by atoms with E-state index < -0.39 is 0 Å². The van der Waals surface area contributed by atoms with Crippen LogP contribution in [-0.2, 0) is 0 Å². The first-order valence-electron chi connectivity index (χ1n) is 10.3. The highest BCUT2D eigenvalue weighted by atomic mass is 14.1. The minimum Gasteiger partial charge on any atom is -0.0686 e. The Labute approximate surface area is 174 Å². The van der Waals surface area contributed by atoms with Crippen LogP contribution >= 0.6 is 0 Å². The van der Waals surface area contributed by atoms with Crippen LogP contribution in [0.3, 0.4) is 0 Å². The highest BCUT2D eigenvalue weighted by Crippen LogP contribution is 2.31. The molecule has 29 heavy (non-hydrogen) atoms. The van der Waals surface area contributed by atoms with Gasteiger partial charge in [-0.25, -0.2) is 0 Å². The lowest BCUT2D eigenvalue weighted by Gasteiger charge is -2.24. The fourth-order valence-corrected chi connectivity index (χ4v) is 4.14. The second-order valence-corrected chi connectivity index (χ2v) is 7.23. The average Bonchev–Trinajstić information content (AvgIpc) is 2.81. The molecule has 0 heterocycles. The minimum atomic E-state index is 0.176. The molecule has 0 saturated carbocycles. The molecular weight excluding hydrogens is 347 g/mol. The second-order valence-electron chi connectivity index (χ2n) is 7.23. The van der Waals surface area contributed by atoms with E-state index in [1.165, 1.54) is 33.1 Å². The van der Waals surface area contributed by atoms with Crippen LogP contribution in [-0.4, -0.2) is 6.71 Å². The van der Waals surface area contributed by atoms with Crippen molar-refractivity contribution < 1.29 is 0 Å². The summed E-state index contributed by atoms with van der Waals surface area (Å²) < 4.78 is 0. The molecule has 1 heteroatoms. The molecule has 0 fully saturated rings. The summed E-state index contributed by atoms with van der Waals surface area (Å²) in [6.07, 6.45) is 0.977. The van der Waals surface area contributed by atoms with Crippen molar-refractivity contribution in [2.24, 2.45) is 0 Å². The number of benzene rings is 4. The van der Waals surface area contributed by atoms with Crippen molar-refractivity contribution in [3.63, 3.8) is 0 Å². The molecule has 0 amide bonds. The standard InChI is InChI=1S/C28H25B/c1-2-27(23-15-7-3-8-16-23)28(24-17-9-4-10-18-24)29(25-19-11-5-12-20-25)26-21-13-6-14-22-26/h3-22H,2H2,1H3/b28-27+. The quantitative estimate of drug-likeness (QED) is 0.294. The van der Waals surface area contributed by atoms with Gasteiger partial charge in [0.1, 0.15) is 0 Å². The van der Waals surface area contributed by atoms with Gasteiger partial charge in [0.15, 0.2) is 0 Å². The summed E-state index contributed by atoms with van der Waals surface area (Å²) >= 11 is 0. The zero-order valence-electron chi connectivity index (χ0n) is 16.8. The molecule has 0 saturated heterocycles. The van der Waals surface area contributed by atoms with Crippen molar-refractivity contribution in [2.75, 3.05) is 0 Å². The maximum absolute atomic E-state index is 2.26. The first-order valence-corrected chi connectivity index (χ1v) is 10.3. The Kier molecular flexibility index (Phi) is 6.07. The highest BCUT2D eigenvalue weighted by Gasteiger charge is 2.27. The SMILES string of the molecule is CC/C(=C(\B(c1ccccc1)c1ccccc1)c1ccccc1)c1ccccc1. The van der Waals surface area contributed by atoms with Crippen LogP contribution in [0.15, 0.2) is 121 Å². The van der Waals surface area contributed by atoms with Gasteiger partial charge >= 0.3 is 0 Å². The molecular formula is C28H25B. The van der Waals surface area contributed by atoms with Crippen molar-refractivity contribution in [1.82, 2.24) is 0 Å². The van der Waals surface area contributed by atoms with E-state index in [0.717, 1.165) is 6.42 Å². The minimum absolute atomic E-state index is 0.176. The van der Waals surface area contributed by atoms with Crippen molar-refractivity contribution >= 4 is 28.7 Å². The van der Waals surface area contributed by atoms with Gasteiger partial charge in [0.05, 0.1) is 0 Å². The molecule has 4 aromatic carbocycles. The molecule has 0 atom stereocenters. The van der Waals surface area contributed by atoms with Gasteiger partial charge < -0.3 is 0 Å². The smallest absolute Gasteiger partial charge is 0.0686 e. The third-order valence-corrected chi connectivity index (χ3v) is 5.44. The first-order chi connectivity index (χ1) is 14.4. The summed E-state index contributed by atoms with van der Waals surface area (Å²) in [5.74, 6) is 0. The lowest BCUT2D eigenvalue weighted by atomic mass is 9.34. The van der Waals surface area contributed by atoms with E-state index in [1.54, 1.807) is 0 Å². The zero-order valence-corrected chi connectivity index (χ0v) is 16.8. The predicted molar refractivity (Wildman–Crippen MR) is 128 cm³/mol. The van der Waals surface area contributed by atoms with Gasteiger partial charge in [-0.2, -0.15) is 0 Å². The summed E-state index contributed by atoms with van der Waals surface area (Å²) in [7, 11) is 0. The Morgan fingerprint density at radius 1 is 0.517 bits per heavy atom. The van der Waals surface area contributed by atoms with Crippen molar-refractivity contribution in [3.8, 4) is 0 Å². The Balaban J connectivity index is 2.04. The van der Waals surface area contributed by atoms with Gasteiger partial charge in [-0.15, -0.1) is 0 Å². The third-order valence-electron chi connectivity index (χ3n) is 5.44. The van der Waals surface area contributed by atoms with Gasteiger partial charge in [-0.3, -0.25) is 0 Å². The van der Waals surface area contributed by atoms with E-state index >= 15 is 0 Å². The fourth-order valence-electron chi connectivity index (χ4n) is 4.14. The summed E-state index contributed by atoms with van der Waals surface area (Å²) in [6, 6.07) is 43.4. The van der Waals surface area contributed by atoms with Gasteiger partial charge in [-0.1, -0.05) is 145 Å². The van der Waals surface area contributed by atoms with Crippen LogP contribution in [0.4, 0.5) is 0 Å². The molecule has 0 aliphatic carbocycles. The van der Waals surface area contributed by atoms with Gasteiger partial charge in [-0.05, 0) is 23.1 Å². The van der Waals surface area contributed by atoms with E-state index in [9.17, 15) is 0 Å². The largest absolute Gasteiger partial charge is 0.242 e. The summed E-state index contributed by atoms with van der Waals surface area (Å²) in [5, 5.41) is 0. The molecule has 0 bridgehead atoms. The van der Waals surface area contributed by atoms with E-state index in [-0.39, 0.29) is 6.71 Å². The molecule has 0 N–H and O–H groups in total. The predicted octanol–water partition coefficient (Wildman–Crippen LogP) is 5.86. The first kappa shape index (κ1) is 19.0.